The second-order valence-corrected chi connectivity index (χ2v) is 6.04. The van der Waals surface area contributed by atoms with Crippen LogP contribution in [-0.2, 0) is 4.79 Å². The van der Waals surface area contributed by atoms with Crippen molar-refractivity contribution < 1.29 is 9.53 Å². The van der Waals surface area contributed by atoms with Gasteiger partial charge in [0.2, 0.25) is 0 Å². The van der Waals surface area contributed by atoms with Gasteiger partial charge in [-0.15, -0.1) is 0 Å². The van der Waals surface area contributed by atoms with Crippen LogP contribution in [0, 0.1) is 0 Å². The van der Waals surface area contributed by atoms with Gasteiger partial charge in [0.15, 0.2) is 6.10 Å². The van der Waals surface area contributed by atoms with E-state index >= 15 is 0 Å². The largest absolute Gasteiger partial charge is 0.480 e. The van der Waals surface area contributed by atoms with E-state index in [9.17, 15) is 4.79 Å². The van der Waals surface area contributed by atoms with E-state index in [4.69, 9.17) is 10.5 Å². The number of para-hydroxylation sites is 1. The highest BCUT2D eigenvalue weighted by atomic mass is 16.5. The van der Waals surface area contributed by atoms with Crippen LogP contribution in [0.25, 0.3) is 0 Å². The Morgan fingerprint density at radius 1 is 1.43 bits per heavy atom. The maximum atomic E-state index is 12.6. The van der Waals surface area contributed by atoms with Gasteiger partial charge in [0.1, 0.15) is 5.75 Å². The summed E-state index contributed by atoms with van der Waals surface area (Å²) in [4.78, 5) is 14.4. The summed E-state index contributed by atoms with van der Waals surface area (Å²) in [6, 6.07) is 8.06. The molecule has 0 radical (unpaired) electrons. The lowest BCUT2D eigenvalue weighted by molar-refractivity contribution is -0.137. The van der Waals surface area contributed by atoms with Gasteiger partial charge >= 0.3 is 0 Å². The van der Waals surface area contributed by atoms with Gasteiger partial charge in [-0.2, -0.15) is 0 Å². The van der Waals surface area contributed by atoms with Gasteiger partial charge in [0.05, 0.1) is 0 Å². The molecule has 4 nitrogen and oxygen atoms in total. The minimum absolute atomic E-state index is 0.0593. The summed E-state index contributed by atoms with van der Waals surface area (Å²) in [6.45, 7) is 7.63. The normalized spacial score (nSPS) is 19.9. The number of benzene rings is 1. The van der Waals surface area contributed by atoms with Crippen LogP contribution in [0.4, 0.5) is 0 Å². The van der Waals surface area contributed by atoms with Crippen molar-refractivity contribution in [3.63, 3.8) is 0 Å². The molecule has 0 saturated carbocycles. The Hall–Kier alpha value is -1.55. The third kappa shape index (κ3) is 3.76. The molecule has 1 amide bonds. The number of nitrogens with zero attached hydrogens (tertiary/aromatic N) is 1. The van der Waals surface area contributed by atoms with Crippen molar-refractivity contribution in [2.45, 2.75) is 51.7 Å². The molecule has 1 aromatic carbocycles. The average molecular weight is 290 g/mol. The van der Waals surface area contributed by atoms with Crippen LogP contribution in [0.1, 0.15) is 45.1 Å². The molecule has 1 unspecified atom stereocenters. The topological polar surface area (TPSA) is 55.6 Å². The summed E-state index contributed by atoms with van der Waals surface area (Å²) in [5, 5.41) is 0. The number of amides is 1. The first kappa shape index (κ1) is 15.8. The quantitative estimate of drug-likeness (QED) is 0.906. The third-order valence-electron chi connectivity index (χ3n) is 3.99. The highest BCUT2D eigenvalue weighted by Gasteiger charge is 2.30. The van der Waals surface area contributed by atoms with Gasteiger partial charge in [0, 0.05) is 19.1 Å². The Morgan fingerprint density at radius 2 is 2.14 bits per heavy atom. The Kier molecular flexibility index (Phi) is 5.23. The maximum absolute atomic E-state index is 12.6. The van der Waals surface area contributed by atoms with Crippen LogP contribution in [-0.4, -0.2) is 36.0 Å². The van der Waals surface area contributed by atoms with Crippen molar-refractivity contribution in [3.05, 3.63) is 29.8 Å². The molecule has 4 heteroatoms. The van der Waals surface area contributed by atoms with E-state index < -0.39 is 6.10 Å². The molecular weight excluding hydrogens is 264 g/mol. The van der Waals surface area contributed by atoms with Gasteiger partial charge < -0.3 is 15.4 Å². The Bertz CT molecular complexity index is 487. The van der Waals surface area contributed by atoms with E-state index in [2.05, 4.69) is 19.9 Å². The van der Waals surface area contributed by atoms with Gasteiger partial charge in [0.25, 0.3) is 5.91 Å². The van der Waals surface area contributed by atoms with Crippen molar-refractivity contribution in [1.82, 2.24) is 4.90 Å². The van der Waals surface area contributed by atoms with Crippen molar-refractivity contribution in [2.75, 3.05) is 13.1 Å². The molecule has 1 aromatic rings. The second-order valence-electron chi connectivity index (χ2n) is 6.04. The lowest BCUT2D eigenvalue weighted by Crippen LogP contribution is -2.41. The van der Waals surface area contributed by atoms with Crippen LogP contribution in [0.2, 0.25) is 0 Å². The number of hydrogen-bond acceptors (Lipinski definition) is 3. The number of hydrogen-bond donors (Lipinski definition) is 1. The average Bonchev–Trinajstić information content (AvgIpc) is 2.91. The van der Waals surface area contributed by atoms with Crippen molar-refractivity contribution in [3.8, 4) is 5.75 Å². The molecule has 1 heterocycles. The van der Waals surface area contributed by atoms with Crippen LogP contribution < -0.4 is 10.5 Å². The molecule has 0 spiro atoms. The summed E-state index contributed by atoms with van der Waals surface area (Å²) in [5.74, 6) is 1.24. The summed E-state index contributed by atoms with van der Waals surface area (Å²) < 4.78 is 6.03. The van der Waals surface area contributed by atoms with Gasteiger partial charge in [-0.05, 0) is 30.4 Å². The lowest BCUT2D eigenvalue weighted by Gasteiger charge is -2.25. The standard InChI is InChI=1S/C17H26N2O2/c1-4-15(17(20)19-10-9-13(18)11-19)21-16-8-6-5-7-14(16)12(2)3/h5-8,12-13,15H,4,9-11,18H2,1-3H3/t13-,15?/m0/s1. The first-order valence-electron chi connectivity index (χ1n) is 7.82. The predicted octanol–water partition coefficient (Wildman–Crippen LogP) is 2.53. The summed E-state index contributed by atoms with van der Waals surface area (Å²) in [5.41, 5.74) is 7.03. The van der Waals surface area contributed by atoms with Gasteiger partial charge in [-0.3, -0.25) is 4.79 Å². The first-order valence-corrected chi connectivity index (χ1v) is 7.82. The number of ether oxygens (including phenoxy) is 1. The molecule has 2 atom stereocenters. The Balaban J connectivity index is 2.10. The van der Waals surface area contributed by atoms with E-state index in [1.54, 1.807) is 0 Å². The van der Waals surface area contributed by atoms with E-state index in [1.165, 1.54) is 0 Å². The maximum Gasteiger partial charge on any atom is 0.263 e. The molecule has 0 aromatic heterocycles. The molecule has 0 aliphatic carbocycles. The summed E-state index contributed by atoms with van der Waals surface area (Å²) in [6.07, 6.45) is 1.12. The smallest absolute Gasteiger partial charge is 0.263 e. The SMILES string of the molecule is CCC(Oc1ccccc1C(C)C)C(=O)N1CC[C@H](N)C1. The monoisotopic (exact) mass is 290 g/mol. The summed E-state index contributed by atoms with van der Waals surface area (Å²) in [7, 11) is 0. The minimum Gasteiger partial charge on any atom is -0.480 e. The molecule has 116 valence electrons. The van der Waals surface area contributed by atoms with Crippen LogP contribution >= 0.6 is 0 Å². The van der Waals surface area contributed by atoms with E-state index in [0.29, 0.717) is 18.9 Å². The number of rotatable bonds is 5. The highest BCUT2D eigenvalue weighted by Crippen LogP contribution is 2.27. The summed E-state index contributed by atoms with van der Waals surface area (Å²) >= 11 is 0. The second kappa shape index (κ2) is 6.94. The molecule has 21 heavy (non-hydrogen) atoms. The predicted molar refractivity (Wildman–Crippen MR) is 84.4 cm³/mol. The zero-order valence-corrected chi connectivity index (χ0v) is 13.2. The molecule has 1 aliphatic heterocycles. The van der Waals surface area contributed by atoms with Crippen molar-refractivity contribution in [1.29, 1.82) is 0 Å². The fourth-order valence-corrected chi connectivity index (χ4v) is 2.72. The van der Waals surface area contributed by atoms with Crippen molar-refractivity contribution >= 4 is 5.91 Å². The third-order valence-corrected chi connectivity index (χ3v) is 3.99. The zero-order valence-electron chi connectivity index (χ0n) is 13.2. The first-order chi connectivity index (χ1) is 10.0. The van der Waals surface area contributed by atoms with Gasteiger partial charge in [-0.1, -0.05) is 39.0 Å². The molecule has 2 N–H and O–H groups in total. The Morgan fingerprint density at radius 3 is 2.71 bits per heavy atom. The lowest BCUT2D eigenvalue weighted by atomic mass is 10.0. The van der Waals surface area contributed by atoms with Crippen molar-refractivity contribution in [2.24, 2.45) is 5.73 Å². The fourth-order valence-electron chi connectivity index (χ4n) is 2.72. The van der Waals surface area contributed by atoms with Gasteiger partial charge in [-0.25, -0.2) is 0 Å². The molecule has 1 saturated heterocycles. The number of carbonyl (C=O) groups excluding carboxylic acids is 1. The molecule has 0 bridgehead atoms. The zero-order chi connectivity index (χ0) is 15.4. The van der Waals surface area contributed by atoms with Crippen LogP contribution in [0.3, 0.4) is 0 Å². The van der Waals surface area contributed by atoms with E-state index in [0.717, 1.165) is 24.3 Å². The molecular formula is C17H26N2O2. The molecule has 2 rings (SSSR count). The van der Waals surface area contributed by atoms with E-state index in [-0.39, 0.29) is 11.9 Å². The van der Waals surface area contributed by atoms with Crippen LogP contribution in [0.15, 0.2) is 24.3 Å². The molecule has 1 aliphatic rings. The number of nitrogens with two attached hydrogens (primary N) is 1. The highest BCUT2D eigenvalue weighted by molar-refractivity contribution is 5.81. The molecule has 1 fully saturated rings. The number of carbonyl (C=O) groups is 1. The number of likely N-dealkylation sites (tertiary alicyclic amines) is 1. The minimum atomic E-state index is -0.421. The Labute approximate surface area is 127 Å². The van der Waals surface area contributed by atoms with Crippen LogP contribution in [0.5, 0.6) is 5.75 Å². The fraction of sp³-hybridized carbons (Fsp3) is 0.588. The van der Waals surface area contributed by atoms with E-state index in [1.807, 2.05) is 30.0 Å².